The van der Waals surface area contributed by atoms with Crippen molar-refractivity contribution in [3.05, 3.63) is 46.3 Å². The fourth-order valence-electron chi connectivity index (χ4n) is 4.60. The Morgan fingerprint density at radius 2 is 2.00 bits per heavy atom. The fourth-order valence-corrected chi connectivity index (χ4v) is 4.60. The summed E-state index contributed by atoms with van der Waals surface area (Å²) in [6, 6.07) is 4.58. The molecular formula is C23H28N4O2. The van der Waals surface area contributed by atoms with Gasteiger partial charge in [0.15, 0.2) is 0 Å². The fraction of sp³-hybridized carbons (Fsp3) is 0.478. The molecule has 152 valence electrons. The van der Waals surface area contributed by atoms with E-state index in [0.29, 0.717) is 0 Å². The highest BCUT2D eigenvalue weighted by Crippen LogP contribution is 2.38. The first-order chi connectivity index (χ1) is 14.1. The summed E-state index contributed by atoms with van der Waals surface area (Å²) in [5.41, 5.74) is 8.43. The number of anilines is 1. The smallest absolute Gasteiger partial charge is 0.321 e. The Morgan fingerprint density at radius 1 is 1.17 bits per heavy atom. The summed E-state index contributed by atoms with van der Waals surface area (Å²) in [4.78, 5) is 13.9. The van der Waals surface area contributed by atoms with Gasteiger partial charge in [0.25, 0.3) is 0 Å². The molecule has 3 aliphatic rings. The number of hydrogen-bond donors (Lipinski definition) is 1. The highest BCUT2D eigenvalue weighted by atomic mass is 16.5. The molecule has 2 aliphatic carbocycles. The third-order valence-corrected chi connectivity index (χ3v) is 6.20. The van der Waals surface area contributed by atoms with Crippen molar-refractivity contribution in [2.45, 2.75) is 51.2 Å². The lowest BCUT2D eigenvalue weighted by Crippen LogP contribution is -2.27. The van der Waals surface area contributed by atoms with E-state index in [9.17, 15) is 4.79 Å². The van der Waals surface area contributed by atoms with Crippen molar-refractivity contribution in [2.75, 3.05) is 26.0 Å². The minimum absolute atomic E-state index is 0.0549. The third-order valence-electron chi connectivity index (χ3n) is 6.20. The summed E-state index contributed by atoms with van der Waals surface area (Å²) in [6.45, 7) is 0.763. The third kappa shape index (κ3) is 3.46. The van der Waals surface area contributed by atoms with E-state index in [-0.39, 0.29) is 12.3 Å². The summed E-state index contributed by atoms with van der Waals surface area (Å²) >= 11 is 0. The number of hydrogen-bond acceptors (Lipinski definition) is 3. The number of benzene rings is 1. The highest BCUT2D eigenvalue weighted by Gasteiger charge is 2.26. The zero-order valence-electron chi connectivity index (χ0n) is 17.2. The van der Waals surface area contributed by atoms with E-state index in [1.807, 2.05) is 10.9 Å². The highest BCUT2D eigenvalue weighted by molar-refractivity contribution is 5.96. The zero-order chi connectivity index (χ0) is 20.0. The Morgan fingerprint density at radius 3 is 2.76 bits per heavy atom. The van der Waals surface area contributed by atoms with Crippen molar-refractivity contribution in [3.63, 3.8) is 0 Å². The standard InChI is InChI=1S/C23H28N4O2/c1-26(2)23(28)24-20-14-27(21-8-3-4-9-29-21)25-22(20)19-12-17-10-15-6-5-7-16(15)11-18(17)13-19/h10-12,14,21H,3-9,13H2,1-2H3,(H,24,28). The molecule has 5 rings (SSSR count). The van der Waals surface area contributed by atoms with Gasteiger partial charge in [0.2, 0.25) is 0 Å². The van der Waals surface area contributed by atoms with Gasteiger partial charge < -0.3 is 15.0 Å². The van der Waals surface area contributed by atoms with Crippen LogP contribution < -0.4 is 5.32 Å². The largest absolute Gasteiger partial charge is 0.357 e. The van der Waals surface area contributed by atoms with Gasteiger partial charge in [0.05, 0.1) is 11.9 Å². The van der Waals surface area contributed by atoms with Crippen molar-refractivity contribution in [3.8, 4) is 0 Å². The number of ether oxygens (including phenoxy) is 1. The first kappa shape index (κ1) is 18.4. The van der Waals surface area contributed by atoms with Crippen LogP contribution in [-0.2, 0) is 24.0 Å². The van der Waals surface area contributed by atoms with Gasteiger partial charge in [-0.15, -0.1) is 0 Å². The number of nitrogens with zero attached hydrogens (tertiary/aromatic N) is 3. The zero-order valence-corrected chi connectivity index (χ0v) is 17.2. The summed E-state index contributed by atoms with van der Waals surface area (Å²) in [5.74, 6) is 0. The van der Waals surface area contributed by atoms with E-state index >= 15 is 0 Å². The lowest BCUT2D eigenvalue weighted by Gasteiger charge is -2.22. The van der Waals surface area contributed by atoms with Crippen LogP contribution in [0.5, 0.6) is 0 Å². The molecule has 1 atom stereocenters. The second-order valence-electron chi connectivity index (χ2n) is 8.54. The Labute approximate surface area is 171 Å². The molecule has 6 heteroatoms. The first-order valence-electron chi connectivity index (χ1n) is 10.6. The molecule has 1 N–H and O–H groups in total. The minimum atomic E-state index is -0.148. The average molecular weight is 393 g/mol. The molecule has 0 spiro atoms. The molecule has 1 aliphatic heterocycles. The first-order valence-corrected chi connectivity index (χ1v) is 10.6. The molecule has 0 bridgehead atoms. The molecule has 1 unspecified atom stereocenters. The van der Waals surface area contributed by atoms with Crippen molar-refractivity contribution < 1.29 is 9.53 Å². The molecule has 2 aromatic rings. The van der Waals surface area contributed by atoms with E-state index in [2.05, 4.69) is 23.5 Å². The van der Waals surface area contributed by atoms with Gasteiger partial charge in [0, 0.05) is 27.1 Å². The summed E-state index contributed by atoms with van der Waals surface area (Å²) in [5, 5.41) is 7.91. The quantitative estimate of drug-likeness (QED) is 0.849. The van der Waals surface area contributed by atoms with Gasteiger partial charge in [-0.2, -0.15) is 5.10 Å². The molecule has 1 saturated heterocycles. The Hall–Kier alpha value is -2.60. The van der Waals surface area contributed by atoms with Crippen LogP contribution in [0, 0.1) is 0 Å². The van der Waals surface area contributed by atoms with Crippen LogP contribution in [0.2, 0.25) is 0 Å². The number of carbonyl (C=O) groups is 1. The van der Waals surface area contributed by atoms with Crippen LogP contribution in [0.3, 0.4) is 0 Å². The number of urea groups is 1. The Bertz CT molecular complexity index is 983. The summed E-state index contributed by atoms with van der Waals surface area (Å²) in [7, 11) is 3.49. The monoisotopic (exact) mass is 392 g/mol. The Kier molecular flexibility index (Phi) is 4.66. The molecule has 0 saturated carbocycles. The van der Waals surface area contributed by atoms with E-state index < -0.39 is 0 Å². The maximum atomic E-state index is 12.3. The molecule has 6 nitrogen and oxygen atoms in total. The number of allylic oxidation sites excluding steroid dienone is 1. The Balaban J connectivity index is 1.49. The number of aromatic nitrogens is 2. The van der Waals surface area contributed by atoms with E-state index in [1.165, 1.54) is 41.5 Å². The number of fused-ring (bicyclic) bond motifs is 2. The predicted molar refractivity (Wildman–Crippen MR) is 114 cm³/mol. The van der Waals surface area contributed by atoms with E-state index in [1.54, 1.807) is 19.0 Å². The normalized spacial score (nSPS) is 20.2. The number of rotatable bonds is 3. The van der Waals surface area contributed by atoms with Gasteiger partial charge in [-0.1, -0.05) is 12.1 Å². The second-order valence-corrected chi connectivity index (χ2v) is 8.54. The second kappa shape index (κ2) is 7.34. The van der Waals surface area contributed by atoms with E-state index in [0.717, 1.165) is 49.2 Å². The predicted octanol–water partition coefficient (Wildman–Crippen LogP) is 4.26. The maximum Gasteiger partial charge on any atom is 0.321 e. The summed E-state index contributed by atoms with van der Waals surface area (Å²) < 4.78 is 7.81. The lowest BCUT2D eigenvalue weighted by molar-refractivity contribution is -0.0395. The molecule has 1 aromatic heterocycles. The number of amides is 2. The minimum Gasteiger partial charge on any atom is -0.357 e. The van der Waals surface area contributed by atoms with Crippen LogP contribution in [0.15, 0.2) is 18.3 Å². The van der Waals surface area contributed by atoms with Crippen LogP contribution >= 0.6 is 0 Å². The molecule has 0 radical (unpaired) electrons. The number of aryl methyl sites for hydroxylation is 2. The lowest BCUT2D eigenvalue weighted by atomic mass is 10.0. The van der Waals surface area contributed by atoms with Crippen LogP contribution in [0.1, 0.15) is 59.9 Å². The molecule has 2 amide bonds. The maximum absolute atomic E-state index is 12.3. The molecule has 1 fully saturated rings. The topological polar surface area (TPSA) is 59.4 Å². The van der Waals surface area contributed by atoms with Gasteiger partial charge in [-0.25, -0.2) is 9.48 Å². The van der Waals surface area contributed by atoms with Crippen LogP contribution in [0.4, 0.5) is 10.5 Å². The van der Waals surface area contributed by atoms with Gasteiger partial charge in [-0.3, -0.25) is 0 Å². The van der Waals surface area contributed by atoms with Crippen LogP contribution in [0.25, 0.3) is 11.6 Å². The van der Waals surface area contributed by atoms with Crippen molar-refractivity contribution in [1.82, 2.24) is 14.7 Å². The van der Waals surface area contributed by atoms with Crippen molar-refractivity contribution in [1.29, 1.82) is 0 Å². The van der Waals surface area contributed by atoms with Crippen molar-refractivity contribution >= 4 is 23.4 Å². The molecular weight excluding hydrogens is 364 g/mol. The molecule has 2 heterocycles. The van der Waals surface area contributed by atoms with Gasteiger partial charge >= 0.3 is 6.03 Å². The SMILES string of the molecule is CN(C)C(=O)Nc1cn(C2CCCCO2)nc1C1=Cc2cc3c(cc2C1)CCC3. The number of carbonyl (C=O) groups excluding carboxylic acids is 1. The molecule has 1 aromatic carbocycles. The van der Waals surface area contributed by atoms with Gasteiger partial charge in [-0.05, 0) is 72.4 Å². The summed E-state index contributed by atoms with van der Waals surface area (Å²) in [6.07, 6.45) is 11.8. The van der Waals surface area contributed by atoms with E-state index in [4.69, 9.17) is 9.84 Å². The van der Waals surface area contributed by atoms with Crippen molar-refractivity contribution in [2.24, 2.45) is 0 Å². The van der Waals surface area contributed by atoms with Gasteiger partial charge in [0.1, 0.15) is 11.9 Å². The molecule has 29 heavy (non-hydrogen) atoms. The van der Waals surface area contributed by atoms with Crippen LogP contribution in [-0.4, -0.2) is 41.4 Å². The average Bonchev–Trinajstić information content (AvgIpc) is 3.43. The number of nitrogens with one attached hydrogen (secondary N) is 1.